The summed E-state index contributed by atoms with van der Waals surface area (Å²) in [6.45, 7) is 0. The van der Waals surface area contributed by atoms with E-state index in [1.54, 1.807) is 19.1 Å². The van der Waals surface area contributed by atoms with E-state index in [9.17, 15) is 4.79 Å². The lowest BCUT2D eigenvalue weighted by atomic mass is 10.1. The van der Waals surface area contributed by atoms with Crippen LogP contribution in [-0.4, -0.2) is 30.0 Å². The molecule has 5 heteroatoms. The summed E-state index contributed by atoms with van der Waals surface area (Å²) in [7, 11) is 3.58. The SMILES string of the molecule is CN(C)NC(=O)c1sc(-c2ccccc2)nc1-c1ccccc1. The first kappa shape index (κ1) is 15.4. The number of hydrogen-bond donors (Lipinski definition) is 1. The van der Waals surface area contributed by atoms with Gasteiger partial charge in [0.1, 0.15) is 9.88 Å². The predicted molar refractivity (Wildman–Crippen MR) is 94.1 cm³/mol. The first-order chi connectivity index (χ1) is 11.1. The molecular formula is C18H17N3OS. The van der Waals surface area contributed by atoms with Gasteiger partial charge in [0.25, 0.3) is 5.91 Å². The third-order valence-electron chi connectivity index (χ3n) is 3.23. The number of hydrogen-bond acceptors (Lipinski definition) is 4. The molecule has 0 saturated heterocycles. The monoisotopic (exact) mass is 323 g/mol. The van der Waals surface area contributed by atoms with Crippen LogP contribution in [0.3, 0.4) is 0 Å². The lowest BCUT2D eigenvalue weighted by Crippen LogP contribution is -2.35. The maximum absolute atomic E-state index is 12.5. The van der Waals surface area contributed by atoms with Crippen LogP contribution in [-0.2, 0) is 0 Å². The van der Waals surface area contributed by atoms with Crippen molar-refractivity contribution >= 4 is 17.2 Å². The number of nitrogens with one attached hydrogen (secondary N) is 1. The average Bonchev–Trinajstić information content (AvgIpc) is 3.01. The van der Waals surface area contributed by atoms with Gasteiger partial charge in [0, 0.05) is 25.2 Å². The molecule has 3 aromatic rings. The molecule has 0 aliphatic carbocycles. The lowest BCUT2D eigenvalue weighted by Gasteiger charge is -2.11. The van der Waals surface area contributed by atoms with Gasteiger partial charge in [-0.3, -0.25) is 10.2 Å². The summed E-state index contributed by atoms with van der Waals surface area (Å²) in [6.07, 6.45) is 0. The number of carbonyl (C=O) groups excluding carboxylic acids is 1. The molecule has 0 spiro atoms. The highest BCUT2D eigenvalue weighted by Crippen LogP contribution is 2.33. The second kappa shape index (κ2) is 6.73. The van der Waals surface area contributed by atoms with Gasteiger partial charge >= 0.3 is 0 Å². The Morgan fingerprint density at radius 2 is 1.52 bits per heavy atom. The molecule has 1 aromatic heterocycles. The van der Waals surface area contributed by atoms with Gasteiger partial charge in [0.05, 0.1) is 5.69 Å². The Bertz CT molecular complexity index is 798. The van der Waals surface area contributed by atoms with Gasteiger partial charge < -0.3 is 0 Å². The smallest absolute Gasteiger partial charge is 0.277 e. The van der Waals surface area contributed by atoms with Crippen molar-refractivity contribution in [1.29, 1.82) is 0 Å². The minimum atomic E-state index is -0.145. The average molecular weight is 323 g/mol. The Kier molecular flexibility index (Phi) is 4.50. The van der Waals surface area contributed by atoms with E-state index in [1.165, 1.54) is 11.3 Å². The third kappa shape index (κ3) is 3.47. The zero-order chi connectivity index (χ0) is 16.2. The molecule has 0 atom stereocenters. The van der Waals surface area contributed by atoms with Gasteiger partial charge in [-0.15, -0.1) is 11.3 Å². The molecule has 0 bridgehead atoms. The summed E-state index contributed by atoms with van der Waals surface area (Å²) in [5.74, 6) is -0.145. The zero-order valence-corrected chi connectivity index (χ0v) is 13.8. The number of nitrogens with zero attached hydrogens (tertiary/aromatic N) is 2. The fourth-order valence-electron chi connectivity index (χ4n) is 2.22. The highest BCUT2D eigenvalue weighted by atomic mass is 32.1. The highest BCUT2D eigenvalue weighted by Gasteiger charge is 2.20. The van der Waals surface area contributed by atoms with Crippen LogP contribution in [0.15, 0.2) is 60.7 Å². The topological polar surface area (TPSA) is 45.2 Å². The lowest BCUT2D eigenvalue weighted by molar-refractivity contribution is 0.0862. The van der Waals surface area contributed by atoms with Crippen LogP contribution >= 0.6 is 11.3 Å². The largest absolute Gasteiger partial charge is 0.285 e. The van der Waals surface area contributed by atoms with Crippen LogP contribution in [0.25, 0.3) is 21.8 Å². The summed E-state index contributed by atoms with van der Waals surface area (Å²) in [5.41, 5.74) is 5.47. The Balaban J connectivity index is 2.09. The van der Waals surface area contributed by atoms with Crippen LogP contribution in [0.5, 0.6) is 0 Å². The normalized spacial score (nSPS) is 10.7. The van der Waals surface area contributed by atoms with Crippen LogP contribution in [0.4, 0.5) is 0 Å². The third-order valence-corrected chi connectivity index (χ3v) is 4.33. The second-order valence-corrected chi connectivity index (χ2v) is 6.26. The van der Waals surface area contributed by atoms with Crippen molar-refractivity contribution in [2.75, 3.05) is 14.1 Å². The highest BCUT2D eigenvalue weighted by molar-refractivity contribution is 7.17. The van der Waals surface area contributed by atoms with E-state index in [0.717, 1.165) is 16.1 Å². The predicted octanol–water partition coefficient (Wildman–Crippen LogP) is 3.68. The van der Waals surface area contributed by atoms with Crippen molar-refractivity contribution in [1.82, 2.24) is 15.4 Å². The van der Waals surface area contributed by atoms with E-state index in [-0.39, 0.29) is 5.91 Å². The summed E-state index contributed by atoms with van der Waals surface area (Å²) in [6, 6.07) is 19.7. The fraction of sp³-hybridized carbons (Fsp3) is 0.111. The molecule has 0 aliphatic heterocycles. The number of thiazole rings is 1. The maximum atomic E-state index is 12.5. The Hall–Kier alpha value is -2.50. The summed E-state index contributed by atoms with van der Waals surface area (Å²) >= 11 is 1.41. The van der Waals surface area contributed by atoms with Crippen molar-refractivity contribution in [2.24, 2.45) is 0 Å². The van der Waals surface area contributed by atoms with Crippen LogP contribution < -0.4 is 5.43 Å². The van der Waals surface area contributed by atoms with Gasteiger partial charge in [-0.05, 0) is 0 Å². The van der Waals surface area contributed by atoms with Gasteiger partial charge in [-0.2, -0.15) is 0 Å². The van der Waals surface area contributed by atoms with E-state index in [4.69, 9.17) is 4.98 Å². The van der Waals surface area contributed by atoms with Crippen molar-refractivity contribution < 1.29 is 4.79 Å². The molecule has 0 saturated carbocycles. The molecule has 1 amide bonds. The number of hydrazine groups is 1. The molecule has 116 valence electrons. The quantitative estimate of drug-likeness (QED) is 0.745. The molecular weight excluding hydrogens is 306 g/mol. The molecule has 4 nitrogen and oxygen atoms in total. The maximum Gasteiger partial charge on any atom is 0.277 e. The second-order valence-electron chi connectivity index (χ2n) is 5.26. The van der Waals surface area contributed by atoms with Crippen molar-refractivity contribution in [2.45, 2.75) is 0 Å². The number of rotatable bonds is 4. The van der Waals surface area contributed by atoms with Crippen molar-refractivity contribution in [3.05, 3.63) is 65.5 Å². The van der Waals surface area contributed by atoms with Crippen molar-refractivity contribution in [3.8, 4) is 21.8 Å². The first-order valence-corrected chi connectivity index (χ1v) is 8.07. The number of benzene rings is 2. The standard InChI is InChI=1S/C18H17N3OS/c1-21(2)20-17(22)16-15(13-9-5-3-6-10-13)19-18(23-16)14-11-7-4-8-12-14/h3-12H,1-2H3,(H,20,22). The summed E-state index contributed by atoms with van der Waals surface area (Å²) in [4.78, 5) is 17.8. The first-order valence-electron chi connectivity index (χ1n) is 7.25. The molecule has 0 fully saturated rings. The van der Waals surface area contributed by atoms with Gasteiger partial charge in [0.2, 0.25) is 0 Å². The number of amides is 1. The molecule has 23 heavy (non-hydrogen) atoms. The van der Waals surface area contributed by atoms with Crippen LogP contribution in [0, 0.1) is 0 Å². The Morgan fingerprint density at radius 3 is 2.09 bits per heavy atom. The fourth-order valence-corrected chi connectivity index (χ4v) is 3.21. The van der Waals surface area contributed by atoms with Crippen LogP contribution in [0.2, 0.25) is 0 Å². The molecule has 0 aliphatic rings. The van der Waals surface area contributed by atoms with E-state index in [1.807, 2.05) is 60.7 Å². The van der Waals surface area contributed by atoms with Gasteiger partial charge in [-0.1, -0.05) is 60.7 Å². The minimum absolute atomic E-state index is 0.145. The Labute approximate surface area is 139 Å². The van der Waals surface area contributed by atoms with E-state index in [2.05, 4.69) is 5.43 Å². The minimum Gasteiger partial charge on any atom is -0.285 e. The number of aromatic nitrogens is 1. The zero-order valence-electron chi connectivity index (χ0n) is 13.0. The number of carbonyl (C=O) groups is 1. The molecule has 1 heterocycles. The Morgan fingerprint density at radius 1 is 0.957 bits per heavy atom. The molecule has 3 rings (SSSR count). The van der Waals surface area contributed by atoms with E-state index >= 15 is 0 Å². The molecule has 0 unspecified atom stereocenters. The van der Waals surface area contributed by atoms with Gasteiger partial charge in [0.15, 0.2) is 0 Å². The van der Waals surface area contributed by atoms with E-state index < -0.39 is 0 Å². The van der Waals surface area contributed by atoms with Crippen LogP contribution in [0.1, 0.15) is 9.67 Å². The van der Waals surface area contributed by atoms with Gasteiger partial charge in [-0.25, -0.2) is 9.99 Å². The molecule has 2 aromatic carbocycles. The summed E-state index contributed by atoms with van der Waals surface area (Å²) in [5, 5.41) is 2.48. The molecule has 0 radical (unpaired) electrons. The van der Waals surface area contributed by atoms with E-state index in [0.29, 0.717) is 10.6 Å². The summed E-state index contributed by atoms with van der Waals surface area (Å²) < 4.78 is 0. The van der Waals surface area contributed by atoms with Crippen molar-refractivity contribution in [3.63, 3.8) is 0 Å². The molecule has 1 N–H and O–H groups in total.